The first-order chi connectivity index (χ1) is 9.84. The molecular weight excluding hydrogens is 296 g/mol. The molecule has 0 aliphatic heterocycles. The van der Waals surface area contributed by atoms with E-state index in [0.717, 1.165) is 24.3 Å². The van der Waals surface area contributed by atoms with Gasteiger partial charge >= 0.3 is 0 Å². The third-order valence-electron chi connectivity index (χ3n) is 2.42. The lowest BCUT2D eigenvalue weighted by atomic mass is 10.2. The van der Waals surface area contributed by atoms with Crippen LogP contribution in [0.15, 0.2) is 59.5 Å². The van der Waals surface area contributed by atoms with Crippen LogP contribution >= 0.6 is 0 Å². The van der Waals surface area contributed by atoms with Crippen molar-refractivity contribution >= 4 is 15.8 Å². The largest absolute Gasteiger partial charge is 0.326 e. The number of hydrogen-bond donors (Lipinski definition) is 2. The molecule has 112 valence electrons. The number of hydrogen-bond acceptors (Lipinski definition) is 5. The Labute approximate surface area is 121 Å². The van der Waals surface area contributed by atoms with Gasteiger partial charge in [0.05, 0.1) is 9.82 Å². The van der Waals surface area contributed by atoms with E-state index in [1.165, 1.54) is 5.56 Å². The third-order valence-corrected chi connectivity index (χ3v) is 3.29. The van der Waals surface area contributed by atoms with Crippen LogP contribution in [-0.4, -0.2) is 17.9 Å². The van der Waals surface area contributed by atoms with Gasteiger partial charge in [0.25, 0.3) is 15.8 Å². The van der Waals surface area contributed by atoms with E-state index in [2.05, 4.69) is 0 Å². The molecule has 2 aromatic rings. The minimum absolute atomic E-state index is 0.229. The lowest BCUT2D eigenvalue weighted by Crippen LogP contribution is -1.97. The van der Waals surface area contributed by atoms with E-state index in [1.54, 1.807) is 0 Å². The molecule has 8 heteroatoms. The highest BCUT2D eigenvalue weighted by Crippen LogP contribution is 2.14. The van der Waals surface area contributed by atoms with Crippen LogP contribution in [-0.2, 0) is 16.7 Å². The quantitative estimate of drug-likeness (QED) is 0.507. The van der Waals surface area contributed by atoms with E-state index in [-0.39, 0.29) is 10.6 Å². The molecular formula is C13H14N2O5S. The summed E-state index contributed by atoms with van der Waals surface area (Å²) in [6.45, 7) is 0.640. The van der Waals surface area contributed by atoms with Gasteiger partial charge < -0.3 is 5.73 Å². The summed E-state index contributed by atoms with van der Waals surface area (Å²) in [7, 11) is -4.27. The summed E-state index contributed by atoms with van der Waals surface area (Å²) in [5.74, 6) is 0. The molecule has 0 aliphatic rings. The molecule has 0 saturated carbocycles. The molecule has 2 rings (SSSR count). The molecule has 0 spiro atoms. The van der Waals surface area contributed by atoms with E-state index in [0.29, 0.717) is 6.54 Å². The van der Waals surface area contributed by atoms with Crippen molar-refractivity contribution in [2.45, 2.75) is 11.4 Å². The molecule has 21 heavy (non-hydrogen) atoms. The summed E-state index contributed by atoms with van der Waals surface area (Å²) in [5, 5.41) is 10.2. The van der Waals surface area contributed by atoms with E-state index < -0.39 is 15.0 Å². The standard InChI is InChI=1S/C7H9N.C6H5NO5S/c8-6-7-4-2-1-3-5-7;8-7(9)5-1-3-6(4-2-5)13(10,11)12/h1-5H,6,8H2;1-4H,(H,10,11,12). The second kappa shape index (κ2) is 7.48. The van der Waals surface area contributed by atoms with Crippen LogP contribution in [0.4, 0.5) is 5.69 Å². The Hall–Kier alpha value is -2.29. The van der Waals surface area contributed by atoms with Crippen molar-refractivity contribution in [3.05, 3.63) is 70.3 Å². The summed E-state index contributed by atoms with van der Waals surface area (Å²) in [4.78, 5) is 9.13. The molecule has 2 aromatic carbocycles. The van der Waals surface area contributed by atoms with Crippen molar-refractivity contribution < 1.29 is 17.9 Å². The molecule has 3 N–H and O–H groups in total. The van der Waals surface area contributed by atoms with Gasteiger partial charge in [-0.05, 0) is 17.7 Å². The van der Waals surface area contributed by atoms with Crippen LogP contribution in [0.2, 0.25) is 0 Å². The molecule has 0 heterocycles. The fourth-order valence-corrected chi connectivity index (χ4v) is 1.83. The number of nitrogens with two attached hydrogens (primary N) is 1. The monoisotopic (exact) mass is 310 g/mol. The zero-order chi connectivity index (χ0) is 15.9. The van der Waals surface area contributed by atoms with Crippen molar-refractivity contribution in [1.82, 2.24) is 0 Å². The first kappa shape index (κ1) is 16.8. The number of rotatable bonds is 3. The average Bonchev–Trinajstić information content (AvgIpc) is 2.48. The highest BCUT2D eigenvalue weighted by molar-refractivity contribution is 7.85. The maximum absolute atomic E-state index is 10.5. The van der Waals surface area contributed by atoms with Crippen LogP contribution in [0.3, 0.4) is 0 Å². The van der Waals surface area contributed by atoms with Gasteiger partial charge in [-0.15, -0.1) is 0 Å². The van der Waals surface area contributed by atoms with Crippen molar-refractivity contribution in [3.63, 3.8) is 0 Å². The summed E-state index contributed by atoms with van der Waals surface area (Å²) >= 11 is 0. The first-order valence-corrected chi connectivity index (χ1v) is 7.24. The van der Waals surface area contributed by atoms with Crippen LogP contribution in [0.1, 0.15) is 5.56 Å². The minimum Gasteiger partial charge on any atom is -0.326 e. The molecule has 0 atom stereocenters. The van der Waals surface area contributed by atoms with Gasteiger partial charge in [-0.3, -0.25) is 14.7 Å². The van der Waals surface area contributed by atoms with Crippen LogP contribution in [0.25, 0.3) is 0 Å². The van der Waals surface area contributed by atoms with Gasteiger partial charge in [0.2, 0.25) is 0 Å². The van der Waals surface area contributed by atoms with Crippen LogP contribution < -0.4 is 5.73 Å². The smallest absolute Gasteiger partial charge is 0.294 e. The molecule has 0 saturated heterocycles. The minimum atomic E-state index is -4.27. The van der Waals surface area contributed by atoms with Crippen molar-refractivity contribution in [2.24, 2.45) is 5.73 Å². The molecule has 0 bridgehead atoms. The van der Waals surface area contributed by atoms with Gasteiger partial charge in [-0.2, -0.15) is 8.42 Å². The van der Waals surface area contributed by atoms with Gasteiger partial charge in [0.1, 0.15) is 0 Å². The topological polar surface area (TPSA) is 124 Å². The van der Waals surface area contributed by atoms with E-state index in [4.69, 9.17) is 10.3 Å². The average molecular weight is 310 g/mol. The zero-order valence-corrected chi connectivity index (χ0v) is 11.7. The number of nitro benzene ring substituents is 1. The maximum Gasteiger partial charge on any atom is 0.294 e. The highest BCUT2D eigenvalue weighted by atomic mass is 32.2. The third kappa shape index (κ3) is 5.69. The maximum atomic E-state index is 10.5. The Balaban J connectivity index is 0.000000235. The summed E-state index contributed by atoms with van der Waals surface area (Å²) in [6.07, 6.45) is 0. The van der Waals surface area contributed by atoms with Gasteiger partial charge in [0, 0.05) is 18.7 Å². The second-order valence-corrected chi connectivity index (χ2v) is 5.34. The lowest BCUT2D eigenvalue weighted by Gasteiger charge is -1.94. The van der Waals surface area contributed by atoms with E-state index in [1.807, 2.05) is 30.3 Å². The predicted octanol–water partition coefficient (Wildman–Crippen LogP) is 1.99. The number of benzene rings is 2. The van der Waals surface area contributed by atoms with Gasteiger partial charge in [-0.1, -0.05) is 30.3 Å². The summed E-state index contributed by atoms with van der Waals surface area (Å²) < 4.78 is 29.5. The fourth-order valence-electron chi connectivity index (χ4n) is 1.35. The van der Waals surface area contributed by atoms with E-state index in [9.17, 15) is 18.5 Å². The van der Waals surface area contributed by atoms with Gasteiger partial charge in [0.15, 0.2) is 0 Å². The fraction of sp³-hybridized carbons (Fsp3) is 0.0769. The van der Waals surface area contributed by atoms with Crippen LogP contribution in [0, 0.1) is 10.1 Å². The molecule has 0 radical (unpaired) electrons. The predicted molar refractivity (Wildman–Crippen MR) is 77.2 cm³/mol. The van der Waals surface area contributed by atoms with Crippen molar-refractivity contribution in [1.29, 1.82) is 0 Å². The van der Waals surface area contributed by atoms with Crippen LogP contribution in [0.5, 0.6) is 0 Å². The molecule has 0 aliphatic carbocycles. The molecule has 0 unspecified atom stereocenters. The van der Waals surface area contributed by atoms with E-state index >= 15 is 0 Å². The Morgan fingerprint density at radius 2 is 1.57 bits per heavy atom. The normalized spacial score (nSPS) is 10.4. The summed E-state index contributed by atoms with van der Waals surface area (Å²) in [6, 6.07) is 13.9. The van der Waals surface area contributed by atoms with Gasteiger partial charge in [-0.25, -0.2) is 0 Å². The Kier molecular flexibility index (Phi) is 5.97. The SMILES string of the molecule is NCc1ccccc1.O=[N+]([O-])c1ccc(S(=O)(=O)O)cc1. The zero-order valence-electron chi connectivity index (χ0n) is 10.9. The Bertz CT molecular complexity index is 684. The molecule has 0 amide bonds. The Morgan fingerprint density at radius 1 is 1.05 bits per heavy atom. The number of nitro groups is 1. The Morgan fingerprint density at radius 3 is 1.90 bits per heavy atom. The highest BCUT2D eigenvalue weighted by Gasteiger charge is 2.11. The number of non-ortho nitro benzene ring substituents is 1. The summed E-state index contributed by atoms with van der Waals surface area (Å²) in [5.41, 5.74) is 6.31. The molecule has 0 fully saturated rings. The molecule has 0 aromatic heterocycles. The second-order valence-electron chi connectivity index (χ2n) is 3.92. The lowest BCUT2D eigenvalue weighted by molar-refractivity contribution is -0.384. The van der Waals surface area contributed by atoms with Crippen molar-refractivity contribution in [2.75, 3.05) is 0 Å². The first-order valence-electron chi connectivity index (χ1n) is 5.80. The van der Waals surface area contributed by atoms with Crippen molar-refractivity contribution in [3.8, 4) is 0 Å². The number of nitrogens with zero attached hydrogens (tertiary/aromatic N) is 1. The molecule has 7 nitrogen and oxygen atoms in total.